The highest BCUT2D eigenvalue weighted by atomic mass is 16.6. The second-order valence-electron chi connectivity index (χ2n) is 10.4. The number of cyclic esters (lactones) is 1. The summed E-state index contributed by atoms with van der Waals surface area (Å²) in [7, 11) is 0. The minimum Gasteiger partial charge on any atom is -0.462 e. The molecule has 3 rings (SSSR count). The minimum absolute atomic E-state index is 0.0955. The number of ether oxygens (including phenoxy) is 2. The maximum atomic E-state index is 13.0. The van der Waals surface area contributed by atoms with Crippen molar-refractivity contribution in [3.05, 3.63) is 23.8 Å². The maximum absolute atomic E-state index is 13.0. The van der Waals surface area contributed by atoms with Crippen molar-refractivity contribution in [2.24, 2.45) is 29.1 Å². The molecule has 3 aliphatic rings. The Kier molecular flexibility index (Phi) is 7.67. The molecule has 31 heavy (non-hydrogen) atoms. The van der Waals surface area contributed by atoms with Gasteiger partial charge in [0.1, 0.15) is 12.2 Å². The maximum Gasteiger partial charge on any atom is 0.311 e. The fraction of sp³-hybridized carbons (Fsp3) is 0.769. The third-order valence-electron chi connectivity index (χ3n) is 7.75. The molecule has 7 atom stereocenters. The fourth-order valence-corrected chi connectivity index (χ4v) is 5.24. The van der Waals surface area contributed by atoms with Gasteiger partial charge in [-0.1, -0.05) is 39.0 Å². The number of esters is 2. The number of allylic oxidation sites excluding steroid dienone is 3. The Hall–Kier alpha value is -1.62. The molecule has 2 aliphatic carbocycles. The second-order valence-corrected chi connectivity index (χ2v) is 10.4. The SMILES string of the molecule is CC[C@H]1C=C2C=C[C@H](C)[C@H](CC[C@@H]3C[C@@H](O)CC(=O)O3)[C@H]2[C@@H](OC(=O)C(C)(C)CC)C1. The van der Waals surface area contributed by atoms with Crippen molar-refractivity contribution in [3.8, 4) is 0 Å². The van der Waals surface area contributed by atoms with Gasteiger partial charge in [-0.25, -0.2) is 0 Å². The largest absolute Gasteiger partial charge is 0.462 e. The summed E-state index contributed by atoms with van der Waals surface area (Å²) in [6.45, 7) is 10.3. The average Bonchev–Trinajstić information content (AvgIpc) is 2.72. The van der Waals surface area contributed by atoms with Crippen LogP contribution < -0.4 is 0 Å². The normalized spacial score (nSPS) is 35.7. The van der Waals surface area contributed by atoms with Crippen LogP contribution in [0.25, 0.3) is 0 Å². The van der Waals surface area contributed by atoms with Crippen LogP contribution in [0.5, 0.6) is 0 Å². The molecule has 1 fully saturated rings. The molecule has 0 radical (unpaired) electrons. The standard InChI is InChI=1S/C26H40O5/c1-6-17-12-18-9-8-16(3)21(11-10-20-14-19(27)15-23(28)30-20)24(18)22(13-17)31-25(29)26(4,5)7-2/h8-9,12,16-17,19-22,24,27H,6-7,10-11,13-15H2,1-5H3/t16-,17-,19+,20+,21-,22-,24-/m0/s1. The van der Waals surface area contributed by atoms with Crippen molar-refractivity contribution < 1.29 is 24.2 Å². The molecule has 0 saturated carbocycles. The molecule has 1 aliphatic heterocycles. The van der Waals surface area contributed by atoms with Crippen LogP contribution in [-0.4, -0.2) is 35.4 Å². The molecule has 174 valence electrons. The lowest BCUT2D eigenvalue weighted by molar-refractivity contribution is -0.166. The van der Waals surface area contributed by atoms with Crippen LogP contribution in [0.3, 0.4) is 0 Å². The van der Waals surface area contributed by atoms with Crippen LogP contribution in [0.1, 0.15) is 79.6 Å². The third kappa shape index (κ3) is 5.60. The first-order chi connectivity index (χ1) is 14.6. The molecule has 1 saturated heterocycles. The summed E-state index contributed by atoms with van der Waals surface area (Å²) in [5.41, 5.74) is 0.801. The first-order valence-electron chi connectivity index (χ1n) is 12.1. The number of hydrogen-bond donors (Lipinski definition) is 1. The Morgan fingerprint density at radius 2 is 2.00 bits per heavy atom. The lowest BCUT2D eigenvalue weighted by Crippen LogP contribution is -2.43. The zero-order chi connectivity index (χ0) is 22.8. The van der Waals surface area contributed by atoms with Crippen molar-refractivity contribution in [2.45, 2.75) is 97.9 Å². The molecule has 0 bridgehead atoms. The molecule has 0 unspecified atom stereocenters. The topological polar surface area (TPSA) is 72.8 Å². The van der Waals surface area contributed by atoms with Gasteiger partial charge in [0.05, 0.1) is 17.9 Å². The number of carbonyl (C=O) groups is 2. The van der Waals surface area contributed by atoms with Gasteiger partial charge in [-0.05, 0) is 69.3 Å². The molecule has 5 nitrogen and oxygen atoms in total. The first-order valence-corrected chi connectivity index (χ1v) is 12.1. The van der Waals surface area contributed by atoms with Crippen LogP contribution in [0.15, 0.2) is 23.8 Å². The monoisotopic (exact) mass is 432 g/mol. The quantitative estimate of drug-likeness (QED) is 0.575. The van der Waals surface area contributed by atoms with Gasteiger partial charge >= 0.3 is 11.9 Å². The van der Waals surface area contributed by atoms with E-state index in [9.17, 15) is 14.7 Å². The van der Waals surface area contributed by atoms with E-state index in [1.807, 2.05) is 20.8 Å². The molecule has 0 aromatic heterocycles. The summed E-state index contributed by atoms with van der Waals surface area (Å²) in [6.07, 6.45) is 10.8. The van der Waals surface area contributed by atoms with E-state index in [0.29, 0.717) is 24.2 Å². The lowest BCUT2D eigenvalue weighted by atomic mass is 9.65. The summed E-state index contributed by atoms with van der Waals surface area (Å²) in [5.74, 6) is 0.837. The van der Waals surface area contributed by atoms with Crippen molar-refractivity contribution >= 4 is 11.9 Å². The van der Waals surface area contributed by atoms with Gasteiger partial charge in [0.2, 0.25) is 0 Å². The Bertz CT molecular complexity index is 721. The molecular formula is C26H40O5. The molecule has 0 spiro atoms. The van der Waals surface area contributed by atoms with E-state index in [1.165, 1.54) is 5.57 Å². The zero-order valence-electron chi connectivity index (χ0n) is 19.8. The number of fused-ring (bicyclic) bond motifs is 1. The second kappa shape index (κ2) is 9.89. The molecule has 0 amide bonds. The van der Waals surface area contributed by atoms with Gasteiger partial charge in [0.25, 0.3) is 0 Å². The van der Waals surface area contributed by atoms with Crippen molar-refractivity contribution in [1.82, 2.24) is 0 Å². The van der Waals surface area contributed by atoms with Gasteiger partial charge < -0.3 is 14.6 Å². The number of aliphatic hydroxyl groups excluding tert-OH is 1. The summed E-state index contributed by atoms with van der Waals surface area (Å²) in [4.78, 5) is 24.7. The summed E-state index contributed by atoms with van der Waals surface area (Å²) < 4.78 is 11.7. The molecule has 0 aromatic rings. The number of carbonyl (C=O) groups excluding carboxylic acids is 2. The average molecular weight is 433 g/mol. The Labute approximate surface area is 187 Å². The van der Waals surface area contributed by atoms with E-state index in [2.05, 4.69) is 32.1 Å². The van der Waals surface area contributed by atoms with E-state index in [-0.39, 0.29) is 36.5 Å². The van der Waals surface area contributed by atoms with Crippen molar-refractivity contribution in [1.29, 1.82) is 0 Å². The summed E-state index contributed by atoms with van der Waals surface area (Å²) in [5, 5.41) is 9.94. The van der Waals surface area contributed by atoms with Crippen LogP contribution in [0, 0.1) is 29.1 Å². The fourth-order valence-electron chi connectivity index (χ4n) is 5.24. The molecule has 5 heteroatoms. The van der Waals surface area contributed by atoms with Crippen LogP contribution in [0.2, 0.25) is 0 Å². The third-order valence-corrected chi connectivity index (χ3v) is 7.75. The molecule has 0 aromatic carbocycles. The number of rotatable bonds is 7. The summed E-state index contributed by atoms with van der Waals surface area (Å²) >= 11 is 0. The van der Waals surface area contributed by atoms with E-state index < -0.39 is 11.5 Å². The molecule has 1 N–H and O–H groups in total. The highest BCUT2D eigenvalue weighted by molar-refractivity contribution is 5.76. The predicted molar refractivity (Wildman–Crippen MR) is 120 cm³/mol. The Morgan fingerprint density at radius 1 is 1.26 bits per heavy atom. The number of aliphatic hydroxyl groups is 1. The zero-order valence-corrected chi connectivity index (χ0v) is 19.8. The highest BCUT2D eigenvalue weighted by Crippen LogP contribution is 2.46. The predicted octanol–water partition coefficient (Wildman–Crippen LogP) is 4.98. The van der Waals surface area contributed by atoms with Gasteiger partial charge in [0.15, 0.2) is 0 Å². The van der Waals surface area contributed by atoms with E-state index in [1.54, 1.807) is 0 Å². The first kappa shape index (κ1) is 24.0. The highest BCUT2D eigenvalue weighted by Gasteiger charge is 2.43. The summed E-state index contributed by atoms with van der Waals surface area (Å²) in [6, 6.07) is 0. The van der Waals surface area contributed by atoms with Gasteiger partial charge in [0, 0.05) is 12.3 Å². The van der Waals surface area contributed by atoms with Gasteiger partial charge in [-0.15, -0.1) is 0 Å². The van der Waals surface area contributed by atoms with Crippen LogP contribution >= 0.6 is 0 Å². The molecule has 1 heterocycles. The minimum atomic E-state index is -0.602. The van der Waals surface area contributed by atoms with Gasteiger partial charge in [-0.2, -0.15) is 0 Å². The van der Waals surface area contributed by atoms with E-state index in [4.69, 9.17) is 9.47 Å². The smallest absolute Gasteiger partial charge is 0.311 e. The van der Waals surface area contributed by atoms with Crippen LogP contribution in [-0.2, 0) is 19.1 Å². The van der Waals surface area contributed by atoms with E-state index in [0.717, 1.165) is 32.1 Å². The van der Waals surface area contributed by atoms with Crippen molar-refractivity contribution in [3.63, 3.8) is 0 Å². The number of hydrogen-bond acceptors (Lipinski definition) is 5. The molecular weight excluding hydrogens is 392 g/mol. The van der Waals surface area contributed by atoms with Gasteiger partial charge in [-0.3, -0.25) is 9.59 Å². The Morgan fingerprint density at radius 3 is 2.65 bits per heavy atom. The lowest BCUT2D eigenvalue weighted by Gasteiger charge is -2.44. The van der Waals surface area contributed by atoms with E-state index >= 15 is 0 Å². The van der Waals surface area contributed by atoms with Crippen LogP contribution in [0.4, 0.5) is 0 Å². The Balaban J connectivity index is 1.79. The van der Waals surface area contributed by atoms with Crippen molar-refractivity contribution in [2.75, 3.05) is 0 Å².